The van der Waals surface area contributed by atoms with Gasteiger partial charge in [0.25, 0.3) is 0 Å². The van der Waals surface area contributed by atoms with Crippen molar-refractivity contribution in [1.29, 1.82) is 0 Å². The predicted octanol–water partition coefficient (Wildman–Crippen LogP) is 4.86. The van der Waals surface area contributed by atoms with Crippen molar-refractivity contribution in [2.45, 2.75) is 50.2 Å². The van der Waals surface area contributed by atoms with Gasteiger partial charge < -0.3 is 9.47 Å². The van der Waals surface area contributed by atoms with Gasteiger partial charge in [-0.05, 0) is 25.0 Å². The molecule has 1 saturated carbocycles. The second-order valence-electron chi connectivity index (χ2n) is 5.55. The first-order valence-corrected chi connectivity index (χ1v) is 7.68. The van der Waals surface area contributed by atoms with Crippen LogP contribution in [0, 0.1) is 0 Å². The van der Waals surface area contributed by atoms with Crippen LogP contribution in [-0.4, -0.2) is 18.3 Å². The summed E-state index contributed by atoms with van der Waals surface area (Å²) in [6.45, 7) is 0.781. The maximum atomic E-state index is 6.15. The molecule has 0 N–H and O–H groups in total. The van der Waals surface area contributed by atoms with Gasteiger partial charge in [0.15, 0.2) is 0 Å². The van der Waals surface area contributed by atoms with E-state index in [1.165, 1.54) is 12.8 Å². The van der Waals surface area contributed by atoms with E-state index in [0.717, 1.165) is 32.3 Å². The molecule has 19 heavy (non-hydrogen) atoms. The van der Waals surface area contributed by atoms with Crippen molar-refractivity contribution in [1.82, 2.24) is 0 Å². The SMILES string of the molecule is Clc1ccc(Cl)c(OC2CCOC3(CCCC3)C2)c1. The zero-order valence-electron chi connectivity index (χ0n) is 10.8. The lowest BCUT2D eigenvalue weighted by atomic mass is 9.90. The molecule has 1 atom stereocenters. The van der Waals surface area contributed by atoms with Gasteiger partial charge in [-0.2, -0.15) is 0 Å². The molecule has 104 valence electrons. The fourth-order valence-corrected chi connectivity index (χ4v) is 3.52. The Labute approximate surface area is 124 Å². The Morgan fingerprint density at radius 1 is 1.21 bits per heavy atom. The first kappa shape index (κ1) is 13.5. The van der Waals surface area contributed by atoms with Gasteiger partial charge in [0.2, 0.25) is 0 Å². The number of halogens is 2. The van der Waals surface area contributed by atoms with Crippen LogP contribution in [0.15, 0.2) is 18.2 Å². The molecule has 1 aliphatic heterocycles. The van der Waals surface area contributed by atoms with Gasteiger partial charge in [-0.3, -0.25) is 0 Å². The van der Waals surface area contributed by atoms with E-state index in [9.17, 15) is 0 Å². The van der Waals surface area contributed by atoms with Crippen LogP contribution in [0.25, 0.3) is 0 Å². The van der Waals surface area contributed by atoms with Crippen LogP contribution in [0.3, 0.4) is 0 Å². The summed E-state index contributed by atoms with van der Waals surface area (Å²) < 4.78 is 12.1. The van der Waals surface area contributed by atoms with Crippen LogP contribution < -0.4 is 4.74 Å². The minimum atomic E-state index is 0.0635. The molecule has 1 aromatic rings. The molecule has 1 saturated heterocycles. The van der Waals surface area contributed by atoms with Gasteiger partial charge in [-0.15, -0.1) is 0 Å². The highest BCUT2D eigenvalue weighted by Crippen LogP contribution is 2.41. The van der Waals surface area contributed by atoms with Crippen LogP contribution in [-0.2, 0) is 4.74 Å². The van der Waals surface area contributed by atoms with Crippen LogP contribution >= 0.6 is 23.2 Å². The number of rotatable bonds is 2. The lowest BCUT2D eigenvalue weighted by molar-refractivity contribution is -0.108. The molecule has 2 nitrogen and oxygen atoms in total. The Morgan fingerprint density at radius 3 is 2.79 bits per heavy atom. The lowest BCUT2D eigenvalue weighted by Crippen LogP contribution is -2.41. The summed E-state index contributed by atoms with van der Waals surface area (Å²) >= 11 is 12.1. The molecule has 0 bridgehead atoms. The number of benzene rings is 1. The topological polar surface area (TPSA) is 18.5 Å². The van der Waals surface area contributed by atoms with Crippen molar-refractivity contribution in [3.8, 4) is 5.75 Å². The van der Waals surface area contributed by atoms with E-state index < -0.39 is 0 Å². The molecule has 0 amide bonds. The molecule has 1 unspecified atom stereocenters. The first-order chi connectivity index (χ1) is 9.17. The van der Waals surface area contributed by atoms with Gasteiger partial charge in [0, 0.05) is 23.9 Å². The van der Waals surface area contributed by atoms with E-state index in [0.29, 0.717) is 15.8 Å². The smallest absolute Gasteiger partial charge is 0.139 e. The number of hydrogen-bond donors (Lipinski definition) is 0. The molecule has 1 aliphatic carbocycles. The van der Waals surface area contributed by atoms with E-state index in [2.05, 4.69) is 0 Å². The summed E-state index contributed by atoms with van der Waals surface area (Å²) in [6, 6.07) is 5.35. The van der Waals surface area contributed by atoms with Crippen LogP contribution in [0.2, 0.25) is 10.0 Å². The lowest BCUT2D eigenvalue weighted by Gasteiger charge is -2.38. The Morgan fingerprint density at radius 2 is 2.00 bits per heavy atom. The third kappa shape index (κ3) is 3.01. The predicted molar refractivity (Wildman–Crippen MR) is 77.3 cm³/mol. The van der Waals surface area contributed by atoms with Crippen molar-refractivity contribution < 1.29 is 9.47 Å². The summed E-state index contributed by atoms with van der Waals surface area (Å²) in [6.07, 6.45) is 6.94. The van der Waals surface area contributed by atoms with E-state index in [-0.39, 0.29) is 11.7 Å². The number of ether oxygens (including phenoxy) is 2. The normalized spacial score (nSPS) is 25.7. The molecule has 4 heteroatoms. The van der Waals surface area contributed by atoms with Gasteiger partial charge >= 0.3 is 0 Å². The van der Waals surface area contributed by atoms with Gasteiger partial charge in [0.05, 0.1) is 17.2 Å². The molecule has 0 radical (unpaired) electrons. The molecular formula is C15H18Cl2O2. The molecule has 1 aromatic carbocycles. The third-order valence-corrected chi connectivity index (χ3v) is 4.70. The second kappa shape index (κ2) is 5.51. The van der Waals surface area contributed by atoms with Crippen LogP contribution in [0.1, 0.15) is 38.5 Å². The van der Waals surface area contributed by atoms with E-state index in [1.54, 1.807) is 18.2 Å². The summed E-state index contributed by atoms with van der Waals surface area (Å²) in [5, 5.41) is 1.28. The standard InChI is InChI=1S/C15H18Cl2O2/c16-11-3-4-13(17)14(9-11)19-12-5-8-18-15(10-12)6-1-2-7-15/h3-4,9,12H,1-2,5-8,10H2. The summed E-state index contributed by atoms with van der Waals surface area (Å²) in [7, 11) is 0. The highest BCUT2D eigenvalue weighted by molar-refractivity contribution is 6.34. The quantitative estimate of drug-likeness (QED) is 0.776. The van der Waals surface area contributed by atoms with Crippen molar-refractivity contribution >= 4 is 23.2 Å². The molecular weight excluding hydrogens is 283 g/mol. The van der Waals surface area contributed by atoms with E-state index in [1.807, 2.05) is 0 Å². The van der Waals surface area contributed by atoms with Gasteiger partial charge in [-0.1, -0.05) is 36.0 Å². The Kier molecular flexibility index (Phi) is 3.93. The maximum absolute atomic E-state index is 6.15. The van der Waals surface area contributed by atoms with Crippen LogP contribution in [0.5, 0.6) is 5.75 Å². The van der Waals surface area contributed by atoms with Crippen molar-refractivity contribution in [2.75, 3.05) is 6.61 Å². The second-order valence-corrected chi connectivity index (χ2v) is 6.39. The summed E-state index contributed by atoms with van der Waals surface area (Å²) in [5.41, 5.74) is 0.0635. The molecule has 1 spiro atoms. The highest BCUT2D eigenvalue weighted by atomic mass is 35.5. The maximum Gasteiger partial charge on any atom is 0.139 e. The molecule has 3 rings (SSSR count). The summed E-state index contributed by atoms with van der Waals surface area (Å²) in [4.78, 5) is 0. The average molecular weight is 301 g/mol. The fourth-order valence-electron chi connectivity index (χ4n) is 3.20. The molecule has 0 aromatic heterocycles. The third-order valence-electron chi connectivity index (χ3n) is 4.15. The zero-order chi connectivity index (χ0) is 13.3. The minimum Gasteiger partial charge on any atom is -0.489 e. The van der Waals surface area contributed by atoms with E-state index in [4.69, 9.17) is 32.7 Å². The Hall–Kier alpha value is -0.440. The fraction of sp³-hybridized carbons (Fsp3) is 0.600. The highest BCUT2D eigenvalue weighted by Gasteiger charge is 2.40. The van der Waals surface area contributed by atoms with Crippen molar-refractivity contribution in [2.24, 2.45) is 0 Å². The van der Waals surface area contributed by atoms with Crippen molar-refractivity contribution in [3.05, 3.63) is 28.2 Å². The monoisotopic (exact) mass is 300 g/mol. The van der Waals surface area contributed by atoms with Crippen molar-refractivity contribution in [3.63, 3.8) is 0 Å². The number of hydrogen-bond acceptors (Lipinski definition) is 2. The largest absolute Gasteiger partial charge is 0.489 e. The zero-order valence-corrected chi connectivity index (χ0v) is 12.3. The average Bonchev–Trinajstić information content (AvgIpc) is 2.82. The molecule has 2 aliphatic rings. The Bertz CT molecular complexity index is 455. The van der Waals surface area contributed by atoms with Gasteiger partial charge in [0.1, 0.15) is 11.9 Å². The first-order valence-electron chi connectivity index (χ1n) is 6.93. The minimum absolute atomic E-state index is 0.0635. The molecule has 2 fully saturated rings. The van der Waals surface area contributed by atoms with E-state index >= 15 is 0 Å². The van der Waals surface area contributed by atoms with Crippen LogP contribution in [0.4, 0.5) is 0 Å². The van der Waals surface area contributed by atoms with Gasteiger partial charge in [-0.25, -0.2) is 0 Å². The Balaban J connectivity index is 1.70. The molecule has 1 heterocycles. The summed E-state index contributed by atoms with van der Waals surface area (Å²) in [5.74, 6) is 0.689.